The third-order valence-corrected chi connectivity index (χ3v) is 2.97. The summed E-state index contributed by atoms with van der Waals surface area (Å²) in [7, 11) is 0. The topological polar surface area (TPSA) is 26.0 Å². The van der Waals surface area contributed by atoms with Crippen molar-refractivity contribution >= 4 is 11.3 Å². The first kappa shape index (κ1) is 8.75. The predicted octanol–water partition coefficient (Wildman–Crippen LogP) is 2.72. The van der Waals surface area contributed by atoms with E-state index >= 15 is 0 Å². The second-order valence-corrected chi connectivity index (χ2v) is 4.04. The van der Waals surface area contributed by atoms with E-state index < -0.39 is 0 Å². The minimum absolute atomic E-state index is 0.200. The zero-order chi connectivity index (χ0) is 8.27. The van der Waals surface area contributed by atoms with Crippen LogP contribution in [0.2, 0.25) is 0 Å². The Hall–Kier alpha value is -0.340. The van der Waals surface area contributed by atoms with Crippen LogP contribution in [0.15, 0.2) is 12.1 Å². The molecule has 0 radical (unpaired) electrons. The summed E-state index contributed by atoms with van der Waals surface area (Å²) in [6, 6.07) is 4.53. The fraction of sp³-hybridized carbons (Fsp3) is 0.556. The predicted molar refractivity (Wildman–Crippen MR) is 50.9 cm³/mol. The molecule has 0 aliphatic rings. The molecule has 0 amide bonds. The van der Waals surface area contributed by atoms with Crippen molar-refractivity contribution in [3.8, 4) is 0 Å². The van der Waals surface area contributed by atoms with Crippen LogP contribution >= 0.6 is 11.3 Å². The summed E-state index contributed by atoms with van der Waals surface area (Å²) in [5.41, 5.74) is 5.73. The number of hydrogen-bond donors (Lipinski definition) is 1. The van der Waals surface area contributed by atoms with E-state index in [9.17, 15) is 0 Å². The van der Waals surface area contributed by atoms with Gasteiger partial charge < -0.3 is 5.73 Å². The SMILES string of the molecule is CCCc1ccc([C@@H](C)N)s1. The summed E-state index contributed by atoms with van der Waals surface area (Å²) in [5.74, 6) is 0. The highest BCUT2D eigenvalue weighted by Crippen LogP contribution is 2.22. The van der Waals surface area contributed by atoms with Crippen LogP contribution in [-0.4, -0.2) is 0 Å². The van der Waals surface area contributed by atoms with E-state index in [1.807, 2.05) is 18.3 Å². The van der Waals surface area contributed by atoms with Gasteiger partial charge in [0.2, 0.25) is 0 Å². The molecule has 0 unspecified atom stereocenters. The molecule has 0 saturated heterocycles. The lowest BCUT2D eigenvalue weighted by molar-refractivity contribution is 0.838. The Balaban J connectivity index is 2.66. The lowest BCUT2D eigenvalue weighted by atomic mass is 10.2. The zero-order valence-electron chi connectivity index (χ0n) is 7.13. The second-order valence-electron chi connectivity index (χ2n) is 2.84. The lowest BCUT2D eigenvalue weighted by Gasteiger charge is -1.97. The smallest absolute Gasteiger partial charge is 0.0361 e. The standard InChI is InChI=1S/C9H15NS/c1-3-4-8-5-6-9(11-8)7(2)10/h5-7H,3-4,10H2,1-2H3/t7-/m1/s1. The van der Waals surface area contributed by atoms with Gasteiger partial charge in [0.15, 0.2) is 0 Å². The van der Waals surface area contributed by atoms with E-state index in [0.29, 0.717) is 0 Å². The van der Waals surface area contributed by atoms with Crippen LogP contribution in [0.3, 0.4) is 0 Å². The van der Waals surface area contributed by atoms with Crippen molar-refractivity contribution in [3.63, 3.8) is 0 Å². The van der Waals surface area contributed by atoms with E-state index in [1.54, 1.807) is 0 Å². The van der Waals surface area contributed by atoms with Crippen molar-refractivity contribution in [2.24, 2.45) is 5.73 Å². The molecule has 1 heterocycles. The molecule has 1 nitrogen and oxygen atoms in total. The van der Waals surface area contributed by atoms with Crippen LogP contribution in [0.1, 0.15) is 36.1 Å². The first-order valence-corrected chi connectivity index (χ1v) is 4.90. The summed E-state index contributed by atoms with van der Waals surface area (Å²) in [6.45, 7) is 4.23. The summed E-state index contributed by atoms with van der Waals surface area (Å²) in [5, 5.41) is 0. The van der Waals surface area contributed by atoms with E-state index in [0.717, 1.165) is 0 Å². The van der Waals surface area contributed by atoms with Gasteiger partial charge in [0.05, 0.1) is 0 Å². The van der Waals surface area contributed by atoms with Crippen molar-refractivity contribution in [3.05, 3.63) is 21.9 Å². The Kier molecular flexibility index (Phi) is 3.09. The fourth-order valence-corrected chi connectivity index (χ4v) is 2.09. The minimum atomic E-state index is 0.200. The van der Waals surface area contributed by atoms with E-state index in [1.165, 1.54) is 22.6 Å². The molecular weight excluding hydrogens is 154 g/mol. The van der Waals surface area contributed by atoms with E-state index in [4.69, 9.17) is 5.73 Å². The molecule has 0 aliphatic carbocycles. The molecule has 1 atom stereocenters. The van der Waals surface area contributed by atoms with Gasteiger partial charge in [0, 0.05) is 15.8 Å². The highest BCUT2D eigenvalue weighted by atomic mass is 32.1. The van der Waals surface area contributed by atoms with Crippen LogP contribution in [0.25, 0.3) is 0 Å². The highest BCUT2D eigenvalue weighted by molar-refractivity contribution is 7.12. The normalized spacial score (nSPS) is 13.4. The van der Waals surface area contributed by atoms with E-state index in [2.05, 4.69) is 19.1 Å². The zero-order valence-corrected chi connectivity index (χ0v) is 7.95. The molecule has 0 spiro atoms. The summed E-state index contributed by atoms with van der Waals surface area (Å²) >= 11 is 1.84. The second kappa shape index (κ2) is 3.88. The molecule has 1 aromatic heterocycles. The Labute approximate surface area is 72.2 Å². The van der Waals surface area contributed by atoms with E-state index in [-0.39, 0.29) is 6.04 Å². The Morgan fingerprint density at radius 1 is 1.55 bits per heavy atom. The molecule has 1 aromatic rings. The van der Waals surface area contributed by atoms with Gasteiger partial charge >= 0.3 is 0 Å². The molecule has 0 saturated carbocycles. The third kappa shape index (κ3) is 2.31. The van der Waals surface area contributed by atoms with Crippen molar-refractivity contribution in [1.82, 2.24) is 0 Å². The van der Waals surface area contributed by atoms with Crippen LogP contribution in [0.5, 0.6) is 0 Å². The quantitative estimate of drug-likeness (QED) is 0.739. The molecule has 0 aliphatic heterocycles. The van der Waals surface area contributed by atoms with Gasteiger partial charge in [-0.15, -0.1) is 11.3 Å². The van der Waals surface area contributed by atoms with Gasteiger partial charge in [-0.25, -0.2) is 0 Å². The van der Waals surface area contributed by atoms with Crippen LogP contribution in [-0.2, 0) is 6.42 Å². The Bertz CT molecular complexity index is 215. The summed E-state index contributed by atoms with van der Waals surface area (Å²) in [6.07, 6.45) is 2.41. The average molecular weight is 169 g/mol. The van der Waals surface area contributed by atoms with Crippen molar-refractivity contribution in [2.75, 3.05) is 0 Å². The number of hydrogen-bond acceptors (Lipinski definition) is 2. The minimum Gasteiger partial charge on any atom is -0.324 e. The number of rotatable bonds is 3. The number of aryl methyl sites for hydroxylation is 1. The first-order valence-electron chi connectivity index (χ1n) is 4.08. The lowest BCUT2D eigenvalue weighted by Crippen LogP contribution is -2.01. The molecule has 62 valence electrons. The highest BCUT2D eigenvalue weighted by Gasteiger charge is 2.02. The first-order chi connectivity index (χ1) is 5.24. The van der Waals surface area contributed by atoms with Crippen LogP contribution in [0.4, 0.5) is 0 Å². The monoisotopic (exact) mass is 169 g/mol. The van der Waals surface area contributed by atoms with Gasteiger partial charge in [0.25, 0.3) is 0 Å². The molecule has 0 bridgehead atoms. The van der Waals surface area contributed by atoms with Crippen LogP contribution in [0, 0.1) is 0 Å². The third-order valence-electron chi connectivity index (χ3n) is 1.63. The number of nitrogens with two attached hydrogens (primary N) is 1. The Morgan fingerprint density at radius 3 is 2.73 bits per heavy atom. The Morgan fingerprint density at radius 2 is 2.27 bits per heavy atom. The average Bonchev–Trinajstić information content (AvgIpc) is 2.37. The fourth-order valence-electron chi connectivity index (χ4n) is 1.02. The van der Waals surface area contributed by atoms with Gasteiger partial charge in [-0.3, -0.25) is 0 Å². The number of thiophene rings is 1. The largest absolute Gasteiger partial charge is 0.324 e. The van der Waals surface area contributed by atoms with Gasteiger partial charge in [-0.1, -0.05) is 13.3 Å². The van der Waals surface area contributed by atoms with Gasteiger partial charge in [-0.2, -0.15) is 0 Å². The van der Waals surface area contributed by atoms with Gasteiger partial charge in [-0.05, 0) is 25.5 Å². The van der Waals surface area contributed by atoms with Crippen LogP contribution < -0.4 is 5.73 Å². The molecule has 2 N–H and O–H groups in total. The maximum atomic E-state index is 5.73. The summed E-state index contributed by atoms with van der Waals surface area (Å²) < 4.78 is 0. The molecule has 0 aromatic carbocycles. The molecule has 1 rings (SSSR count). The molecule has 11 heavy (non-hydrogen) atoms. The molecule has 0 fully saturated rings. The van der Waals surface area contributed by atoms with Crippen molar-refractivity contribution < 1.29 is 0 Å². The van der Waals surface area contributed by atoms with Crippen molar-refractivity contribution in [2.45, 2.75) is 32.7 Å². The maximum absolute atomic E-state index is 5.73. The van der Waals surface area contributed by atoms with Gasteiger partial charge in [0.1, 0.15) is 0 Å². The maximum Gasteiger partial charge on any atom is 0.0361 e. The molecular formula is C9H15NS. The van der Waals surface area contributed by atoms with Crippen molar-refractivity contribution in [1.29, 1.82) is 0 Å². The summed E-state index contributed by atoms with van der Waals surface area (Å²) in [4.78, 5) is 2.76. The molecule has 2 heteroatoms.